The topological polar surface area (TPSA) is 92.8 Å². The SMILES string of the molecule is COc1c(=O)n(C2(CC#N)CC2)cc2c(N[C@H](C)c3cccc(C(F)F)c3F)nc(C)nc12. The lowest BCUT2D eigenvalue weighted by molar-refractivity contribution is 0.146. The number of ether oxygens (including phenoxy) is 1. The number of nitriles is 1. The third kappa shape index (κ3) is 3.88. The Labute approximate surface area is 187 Å². The maximum absolute atomic E-state index is 14.7. The van der Waals surface area contributed by atoms with Gasteiger partial charge in [0.1, 0.15) is 23.0 Å². The average Bonchev–Trinajstić information content (AvgIpc) is 3.54. The molecule has 7 nitrogen and oxygen atoms in total. The fourth-order valence-corrected chi connectivity index (χ4v) is 4.07. The molecule has 33 heavy (non-hydrogen) atoms. The minimum atomic E-state index is -2.94. The molecule has 172 valence electrons. The van der Waals surface area contributed by atoms with Crippen LogP contribution in [0.25, 0.3) is 10.9 Å². The number of anilines is 1. The molecular weight excluding hydrogens is 435 g/mol. The van der Waals surface area contributed by atoms with Crippen molar-refractivity contribution in [2.75, 3.05) is 12.4 Å². The van der Waals surface area contributed by atoms with Crippen LogP contribution in [0.2, 0.25) is 0 Å². The van der Waals surface area contributed by atoms with Gasteiger partial charge in [-0.3, -0.25) is 4.79 Å². The summed E-state index contributed by atoms with van der Waals surface area (Å²) >= 11 is 0. The zero-order chi connectivity index (χ0) is 23.9. The molecule has 1 atom stereocenters. The minimum Gasteiger partial charge on any atom is -0.490 e. The molecule has 1 fully saturated rings. The number of fused-ring (bicyclic) bond motifs is 1. The molecule has 1 aromatic carbocycles. The van der Waals surface area contributed by atoms with Gasteiger partial charge < -0.3 is 14.6 Å². The molecular formula is C23H22F3N5O2. The smallest absolute Gasteiger partial charge is 0.295 e. The number of hydrogen-bond acceptors (Lipinski definition) is 6. The van der Waals surface area contributed by atoms with Gasteiger partial charge in [-0.1, -0.05) is 18.2 Å². The summed E-state index contributed by atoms with van der Waals surface area (Å²) in [6.45, 7) is 3.26. The number of aromatic nitrogens is 3. The van der Waals surface area contributed by atoms with Gasteiger partial charge in [0.25, 0.3) is 12.0 Å². The molecule has 0 amide bonds. The monoisotopic (exact) mass is 457 g/mol. The number of methoxy groups -OCH3 is 1. The van der Waals surface area contributed by atoms with E-state index in [-0.39, 0.29) is 23.3 Å². The molecule has 0 aliphatic heterocycles. The van der Waals surface area contributed by atoms with Crippen LogP contribution in [0.3, 0.4) is 0 Å². The molecule has 0 spiro atoms. The number of rotatable bonds is 7. The van der Waals surface area contributed by atoms with Gasteiger partial charge in [0.05, 0.1) is 42.1 Å². The van der Waals surface area contributed by atoms with E-state index in [4.69, 9.17) is 4.74 Å². The molecule has 0 radical (unpaired) electrons. The van der Waals surface area contributed by atoms with Crippen LogP contribution in [0.1, 0.15) is 55.6 Å². The maximum atomic E-state index is 14.7. The number of nitrogens with zero attached hydrogens (tertiary/aromatic N) is 4. The summed E-state index contributed by atoms with van der Waals surface area (Å²) in [5.41, 5.74) is -1.35. The summed E-state index contributed by atoms with van der Waals surface area (Å²) in [6, 6.07) is 5.26. The van der Waals surface area contributed by atoms with Gasteiger partial charge in [0, 0.05) is 11.8 Å². The van der Waals surface area contributed by atoms with Crippen LogP contribution in [0.4, 0.5) is 19.0 Å². The molecule has 1 saturated carbocycles. The Morgan fingerprint density at radius 3 is 2.61 bits per heavy atom. The van der Waals surface area contributed by atoms with Crippen molar-refractivity contribution in [3.05, 3.63) is 57.5 Å². The molecule has 0 saturated heterocycles. The van der Waals surface area contributed by atoms with E-state index in [0.29, 0.717) is 29.9 Å². The van der Waals surface area contributed by atoms with Crippen molar-refractivity contribution in [3.63, 3.8) is 0 Å². The fourth-order valence-electron chi connectivity index (χ4n) is 4.07. The van der Waals surface area contributed by atoms with Crippen molar-refractivity contribution in [2.24, 2.45) is 0 Å². The normalized spacial score (nSPS) is 15.3. The van der Waals surface area contributed by atoms with E-state index in [1.807, 2.05) is 0 Å². The van der Waals surface area contributed by atoms with E-state index in [0.717, 1.165) is 6.07 Å². The highest BCUT2D eigenvalue weighted by molar-refractivity contribution is 5.92. The highest BCUT2D eigenvalue weighted by Crippen LogP contribution is 2.46. The lowest BCUT2D eigenvalue weighted by Gasteiger charge is -2.21. The van der Waals surface area contributed by atoms with Crippen molar-refractivity contribution in [2.45, 2.75) is 51.1 Å². The second-order valence-electron chi connectivity index (χ2n) is 8.20. The second kappa shape index (κ2) is 8.39. The van der Waals surface area contributed by atoms with Gasteiger partial charge >= 0.3 is 0 Å². The first kappa shape index (κ1) is 22.6. The van der Waals surface area contributed by atoms with Crippen LogP contribution in [-0.4, -0.2) is 21.6 Å². The van der Waals surface area contributed by atoms with Crippen molar-refractivity contribution < 1.29 is 17.9 Å². The maximum Gasteiger partial charge on any atom is 0.295 e. The van der Waals surface area contributed by atoms with Gasteiger partial charge in [0.2, 0.25) is 5.75 Å². The number of pyridine rings is 1. The highest BCUT2D eigenvalue weighted by Gasteiger charge is 2.46. The molecule has 1 aliphatic carbocycles. The van der Waals surface area contributed by atoms with Crippen LogP contribution >= 0.6 is 0 Å². The van der Waals surface area contributed by atoms with Crippen molar-refractivity contribution in [1.29, 1.82) is 5.26 Å². The van der Waals surface area contributed by atoms with Crippen molar-refractivity contribution in [1.82, 2.24) is 14.5 Å². The number of aryl methyl sites for hydroxylation is 1. The predicted octanol–water partition coefficient (Wildman–Crippen LogP) is 4.76. The average molecular weight is 457 g/mol. The molecule has 2 aromatic heterocycles. The van der Waals surface area contributed by atoms with Crippen molar-refractivity contribution >= 4 is 16.7 Å². The van der Waals surface area contributed by atoms with Gasteiger partial charge in [-0.15, -0.1) is 0 Å². The first-order valence-corrected chi connectivity index (χ1v) is 10.4. The van der Waals surface area contributed by atoms with Gasteiger partial charge in [0.15, 0.2) is 0 Å². The largest absolute Gasteiger partial charge is 0.490 e. The first-order chi connectivity index (χ1) is 15.7. The lowest BCUT2D eigenvalue weighted by atomic mass is 10.0. The molecule has 3 aromatic rings. The van der Waals surface area contributed by atoms with E-state index in [2.05, 4.69) is 21.4 Å². The Hall–Kier alpha value is -3.61. The first-order valence-electron chi connectivity index (χ1n) is 10.4. The number of benzene rings is 1. The van der Waals surface area contributed by atoms with Gasteiger partial charge in [-0.25, -0.2) is 23.1 Å². The minimum absolute atomic E-state index is 0.0174. The summed E-state index contributed by atoms with van der Waals surface area (Å²) in [5.74, 6) is -0.328. The molecule has 2 heterocycles. The Balaban J connectivity index is 1.86. The van der Waals surface area contributed by atoms with Crippen LogP contribution in [-0.2, 0) is 5.54 Å². The third-order valence-electron chi connectivity index (χ3n) is 6.01. The summed E-state index contributed by atoms with van der Waals surface area (Å²) in [4.78, 5) is 21.9. The number of nitrogens with one attached hydrogen (secondary N) is 1. The Morgan fingerprint density at radius 1 is 1.30 bits per heavy atom. The summed E-state index contributed by atoms with van der Waals surface area (Å²) in [6.07, 6.45) is 0.163. The van der Waals surface area contributed by atoms with Crippen molar-refractivity contribution in [3.8, 4) is 11.8 Å². The zero-order valence-electron chi connectivity index (χ0n) is 18.3. The van der Waals surface area contributed by atoms with Crippen LogP contribution in [0.15, 0.2) is 29.2 Å². The summed E-state index contributed by atoms with van der Waals surface area (Å²) < 4.78 is 47.9. The molecule has 0 unspecified atom stereocenters. The standard InChI is InChI=1S/C23H22F3N5O2/c1-12(14-5-4-6-15(17(14)24)20(25)26)28-21-16-11-31(23(7-8-23)9-10-27)22(32)19(33-3)18(16)29-13(2)30-21/h4-6,11-12,20H,7-9H2,1-3H3,(H,28,29,30)/t12-/m1/s1. The van der Waals surface area contributed by atoms with Crippen LogP contribution < -0.4 is 15.6 Å². The Morgan fingerprint density at radius 2 is 2.00 bits per heavy atom. The van der Waals surface area contributed by atoms with E-state index in [1.54, 1.807) is 20.0 Å². The van der Waals surface area contributed by atoms with E-state index < -0.39 is 34.9 Å². The summed E-state index contributed by atoms with van der Waals surface area (Å²) in [7, 11) is 1.36. The highest BCUT2D eigenvalue weighted by atomic mass is 19.3. The van der Waals surface area contributed by atoms with E-state index in [1.165, 1.54) is 23.8 Å². The molecule has 1 N–H and O–H groups in total. The van der Waals surface area contributed by atoms with Gasteiger partial charge in [-0.2, -0.15) is 5.26 Å². The molecule has 4 rings (SSSR count). The second-order valence-corrected chi connectivity index (χ2v) is 8.20. The lowest BCUT2D eigenvalue weighted by Crippen LogP contribution is -2.31. The van der Waals surface area contributed by atoms with E-state index >= 15 is 0 Å². The number of halogens is 3. The van der Waals surface area contributed by atoms with Gasteiger partial charge in [-0.05, 0) is 26.7 Å². The number of alkyl halides is 2. The number of hydrogen-bond donors (Lipinski definition) is 1. The quantitative estimate of drug-likeness (QED) is 0.550. The molecule has 10 heteroatoms. The zero-order valence-corrected chi connectivity index (χ0v) is 18.3. The summed E-state index contributed by atoms with van der Waals surface area (Å²) in [5, 5.41) is 12.8. The predicted molar refractivity (Wildman–Crippen MR) is 116 cm³/mol. The van der Waals surface area contributed by atoms with Crippen LogP contribution in [0.5, 0.6) is 5.75 Å². The Kier molecular flexibility index (Phi) is 5.74. The molecule has 1 aliphatic rings. The molecule has 0 bridgehead atoms. The van der Waals surface area contributed by atoms with E-state index in [9.17, 15) is 23.2 Å². The third-order valence-corrected chi connectivity index (χ3v) is 6.01. The fraction of sp³-hybridized carbons (Fsp3) is 0.391. The Bertz CT molecular complexity index is 1330. The van der Waals surface area contributed by atoms with Crippen LogP contribution in [0, 0.1) is 24.1 Å².